The molecule has 6 heteroatoms. The van der Waals surface area contributed by atoms with Crippen LogP contribution in [0.1, 0.15) is 52.9 Å². The quantitative estimate of drug-likeness (QED) is 0.456. The highest BCUT2D eigenvalue weighted by Gasteiger charge is 2.61. The number of anilines is 2. The lowest BCUT2D eigenvalue weighted by atomic mass is 9.82. The van der Waals surface area contributed by atoms with Gasteiger partial charge in [0.1, 0.15) is 5.75 Å². The van der Waals surface area contributed by atoms with Crippen molar-refractivity contribution in [3.8, 4) is 5.75 Å². The topological polar surface area (TPSA) is 59.1 Å². The number of hydrogen-bond acceptors (Lipinski definition) is 5. The van der Waals surface area contributed by atoms with Gasteiger partial charge in [0, 0.05) is 0 Å². The van der Waals surface area contributed by atoms with Crippen LogP contribution in [0.4, 0.5) is 11.4 Å². The zero-order valence-electron chi connectivity index (χ0n) is 19.8. The number of benzene rings is 2. The molecule has 0 radical (unpaired) electrons. The van der Waals surface area contributed by atoms with Crippen LogP contribution in [0, 0.1) is 11.8 Å². The van der Waals surface area contributed by atoms with Crippen LogP contribution in [-0.2, 0) is 14.4 Å². The number of ether oxygens (including phenoxy) is 1. The van der Waals surface area contributed by atoms with Crippen LogP contribution in [-0.4, -0.2) is 30.6 Å². The van der Waals surface area contributed by atoms with Gasteiger partial charge in [-0.1, -0.05) is 58.2 Å². The largest absolute Gasteiger partial charge is 0.494 e. The standard InChI is InChI=1S/C27H34N2O4/c1-4-7-11-19(6-3)24-23-25(33-29(24)21-12-9-8-10-13-21)27(31)28(26(23)30)20-14-16-22(17-15-20)32-18-5-2/h8-10,12-17,19,23-25H,4-7,11,18H2,1-3H3/t19-,23+,24-,25-/m0/s1. The molecule has 0 saturated carbocycles. The molecule has 2 aromatic carbocycles. The minimum Gasteiger partial charge on any atom is -0.494 e. The monoisotopic (exact) mass is 450 g/mol. The van der Waals surface area contributed by atoms with Crippen molar-refractivity contribution < 1.29 is 19.2 Å². The Morgan fingerprint density at radius 1 is 0.909 bits per heavy atom. The van der Waals surface area contributed by atoms with E-state index in [2.05, 4.69) is 13.8 Å². The van der Waals surface area contributed by atoms with Crippen molar-refractivity contribution in [2.24, 2.45) is 11.8 Å². The number of carbonyl (C=O) groups excluding carboxylic acids is 2. The van der Waals surface area contributed by atoms with Crippen LogP contribution in [0.3, 0.4) is 0 Å². The Labute approximate surface area is 196 Å². The van der Waals surface area contributed by atoms with Gasteiger partial charge in [-0.25, -0.2) is 9.96 Å². The van der Waals surface area contributed by atoms with Crippen LogP contribution in [0.25, 0.3) is 0 Å². The molecule has 2 aromatic rings. The molecule has 4 atom stereocenters. The van der Waals surface area contributed by atoms with E-state index in [0.29, 0.717) is 12.3 Å². The lowest BCUT2D eigenvalue weighted by Gasteiger charge is -2.33. The van der Waals surface area contributed by atoms with E-state index in [0.717, 1.165) is 43.5 Å². The Balaban J connectivity index is 1.64. The average molecular weight is 451 g/mol. The third-order valence-corrected chi connectivity index (χ3v) is 6.68. The van der Waals surface area contributed by atoms with Crippen LogP contribution >= 0.6 is 0 Å². The Morgan fingerprint density at radius 2 is 1.64 bits per heavy atom. The average Bonchev–Trinajstić information content (AvgIpc) is 3.35. The molecule has 0 aromatic heterocycles. The van der Waals surface area contributed by atoms with Crippen molar-refractivity contribution in [3.05, 3.63) is 54.6 Å². The Kier molecular flexibility index (Phi) is 7.33. The molecule has 2 fully saturated rings. The van der Waals surface area contributed by atoms with Gasteiger partial charge in [0.2, 0.25) is 5.91 Å². The first kappa shape index (κ1) is 23.3. The zero-order chi connectivity index (χ0) is 23.4. The van der Waals surface area contributed by atoms with Crippen molar-refractivity contribution in [1.29, 1.82) is 0 Å². The van der Waals surface area contributed by atoms with Crippen LogP contribution < -0.4 is 14.7 Å². The molecule has 176 valence electrons. The van der Waals surface area contributed by atoms with Gasteiger partial charge in [0.15, 0.2) is 6.10 Å². The third-order valence-electron chi connectivity index (χ3n) is 6.68. The first-order chi connectivity index (χ1) is 16.1. The molecule has 0 bridgehead atoms. The van der Waals surface area contributed by atoms with E-state index in [1.54, 1.807) is 12.1 Å². The number of rotatable bonds is 10. The van der Waals surface area contributed by atoms with Crippen molar-refractivity contribution in [1.82, 2.24) is 0 Å². The molecule has 6 nitrogen and oxygen atoms in total. The van der Waals surface area contributed by atoms with Gasteiger partial charge in [-0.05, 0) is 55.2 Å². The molecule has 33 heavy (non-hydrogen) atoms. The number of amides is 2. The summed E-state index contributed by atoms with van der Waals surface area (Å²) < 4.78 is 5.64. The number of hydroxylamine groups is 1. The van der Waals surface area contributed by atoms with E-state index >= 15 is 0 Å². The molecular weight excluding hydrogens is 416 g/mol. The number of imide groups is 1. The van der Waals surface area contributed by atoms with E-state index in [-0.39, 0.29) is 23.8 Å². The second-order valence-electron chi connectivity index (χ2n) is 8.87. The zero-order valence-corrected chi connectivity index (χ0v) is 19.8. The molecule has 0 N–H and O–H groups in total. The molecular formula is C27H34N2O4. The molecule has 2 aliphatic heterocycles. The number of nitrogens with zero attached hydrogens (tertiary/aromatic N) is 2. The third kappa shape index (κ3) is 4.49. The molecule has 2 saturated heterocycles. The van der Waals surface area contributed by atoms with E-state index in [9.17, 15) is 9.59 Å². The summed E-state index contributed by atoms with van der Waals surface area (Å²) in [7, 11) is 0. The maximum absolute atomic E-state index is 13.7. The molecule has 2 heterocycles. The van der Waals surface area contributed by atoms with Gasteiger partial charge in [0.25, 0.3) is 5.91 Å². The first-order valence-electron chi connectivity index (χ1n) is 12.2. The number of para-hydroxylation sites is 1. The van der Waals surface area contributed by atoms with Gasteiger partial charge < -0.3 is 4.74 Å². The number of fused-ring (bicyclic) bond motifs is 1. The van der Waals surface area contributed by atoms with Crippen molar-refractivity contribution in [2.45, 2.75) is 65.0 Å². The van der Waals surface area contributed by atoms with Gasteiger partial charge in [-0.3, -0.25) is 14.4 Å². The molecule has 4 rings (SSSR count). The summed E-state index contributed by atoms with van der Waals surface area (Å²) in [6.07, 6.45) is 4.22. The Morgan fingerprint density at radius 3 is 2.27 bits per heavy atom. The van der Waals surface area contributed by atoms with Crippen LogP contribution in [0.5, 0.6) is 5.75 Å². The molecule has 0 spiro atoms. The molecule has 0 unspecified atom stereocenters. The molecule has 2 aliphatic rings. The number of unbranched alkanes of at least 4 members (excludes halogenated alkanes) is 1. The Bertz CT molecular complexity index is 946. The fraction of sp³-hybridized carbons (Fsp3) is 0.481. The minimum absolute atomic E-state index is 0.175. The highest BCUT2D eigenvalue weighted by Crippen LogP contribution is 2.44. The number of hydrogen-bond donors (Lipinski definition) is 0. The minimum atomic E-state index is -0.797. The van der Waals surface area contributed by atoms with Gasteiger partial charge in [-0.15, -0.1) is 0 Å². The fourth-order valence-corrected chi connectivity index (χ4v) is 4.98. The maximum atomic E-state index is 13.7. The van der Waals surface area contributed by atoms with Gasteiger partial charge in [-0.2, -0.15) is 0 Å². The summed E-state index contributed by atoms with van der Waals surface area (Å²) >= 11 is 0. The summed E-state index contributed by atoms with van der Waals surface area (Å²) in [5.41, 5.74) is 1.45. The lowest BCUT2D eigenvalue weighted by molar-refractivity contribution is -0.126. The van der Waals surface area contributed by atoms with Crippen molar-refractivity contribution >= 4 is 23.2 Å². The van der Waals surface area contributed by atoms with E-state index in [1.165, 1.54) is 4.90 Å². The predicted octanol–water partition coefficient (Wildman–Crippen LogP) is 5.37. The second-order valence-corrected chi connectivity index (χ2v) is 8.87. The van der Waals surface area contributed by atoms with Crippen LogP contribution in [0.2, 0.25) is 0 Å². The fourth-order valence-electron chi connectivity index (χ4n) is 4.98. The van der Waals surface area contributed by atoms with Crippen molar-refractivity contribution in [2.75, 3.05) is 16.6 Å². The molecule has 2 amide bonds. The maximum Gasteiger partial charge on any atom is 0.266 e. The molecule has 0 aliphatic carbocycles. The smallest absolute Gasteiger partial charge is 0.266 e. The summed E-state index contributed by atoms with van der Waals surface area (Å²) in [6.45, 7) is 7.01. The highest BCUT2D eigenvalue weighted by atomic mass is 16.7. The summed E-state index contributed by atoms with van der Waals surface area (Å²) in [5, 5.41) is 1.84. The van der Waals surface area contributed by atoms with E-state index in [4.69, 9.17) is 9.57 Å². The van der Waals surface area contributed by atoms with Gasteiger partial charge in [0.05, 0.1) is 29.9 Å². The lowest BCUT2D eigenvalue weighted by Crippen LogP contribution is -2.44. The summed E-state index contributed by atoms with van der Waals surface area (Å²) in [6, 6.07) is 16.8. The predicted molar refractivity (Wildman–Crippen MR) is 129 cm³/mol. The van der Waals surface area contributed by atoms with E-state index in [1.807, 2.05) is 54.5 Å². The summed E-state index contributed by atoms with van der Waals surface area (Å²) in [5.74, 6) is -0.00121. The second kappa shape index (κ2) is 10.4. The summed E-state index contributed by atoms with van der Waals surface area (Å²) in [4.78, 5) is 34.7. The normalized spacial score (nSPS) is 23.2. The van der Waals surface area contributed by atoms with E-state index < -0.39 is 12.0 Å². The highest BCUT2D eigenvalue weighted by molar-refractivity contribution is 6.23. The SMILES string of the molecule is CCCC[C@H](CC)[C@H]1[C@H]2C(=O)N(c3ccc(OCCC)cc3)C(=O)[C@H]2ON1c1ccccc1. The van der Waals surface area contributed by atoms with Crippen molar-refractivity contribution in [3.63, 3.8) is 0 Å². The Hall–Kier alpha value is -2.86. The first-order valence-corrected chi connectivity index (χ1v) is 12.2. The number of carbonyl (C=O) groups is 2. The van der Waals surface area contributed by atoms with Crippen LogP contribution in [0.15, 0.2) is 54.6 Å². The van der Waals surface area contributed by atoms with Gasteiger partial charge >= 0.3 is 0 Å².